The molecule has 1 aromatic rings. The van der Waals surface area contributed by atoms with Gasteiger partial charge in [-0.2, -0.15) is 0 Å². The summed E-state index contributed by atoms with van der Waals surface area (Å²) >= 11 is 3.16. The monoisotopic (exact) mass is 274 g/mol. The maximum atomic E-state index is 10.7. The fourth-order valence-electron chi connectivity index (χ4n) is 1.00. The van der Waals surface area contributed by atoms with E-state index in [1.54, 1.807) is 19.2 Å². The second-order valence-corrected chi connectivity index (χ2v) is 3.64. The van der Waals surface area contributed by atoms with Gasteiger partial charge in [-0.15, -0.1) is 0 Å². The van der Waals surface area contributed by atoms with E-state index in [1.807, 2.05) is 0 Å². The van der Waals surface area contributed by atoms with Crippen LogP contribution in [0.15, 0.2) is 22.7 Å². The Kier molecular flexibility index (Phi) is 4.58. The molecule has 0 fully saturated rings. The topological polar surface area (TPSA) is 55.8 Å². The van der Waals surface area contributed by atoms with E-state index < -0.39 is 5.97 Å². The standard InChI is InChI=1S/C10H11BrO4/c1-14-4-5-15-7-2-3-8(10(12)13)9(11)6-7/h2-3,6H,4-5H2,1H3,(H,12,13). The van der Waals surface area contributed by atoms with Crippen molar-refractivity contribution >= 4 is 21.9 Å². The number of hydrogen-bond acceptors (Lipinski definition) is 3. The molecule has 1 N–H and O–H groups in total. The highest BCUT2D eigenvalue weighted by Gasteiger charge is 2.08. The first-order valence-corrected chi connectivity index (χ1v) is 5.09. The molecule has 5 heteroatoms. The zero-order valence-electron chi connectivity index (χ0n) is 8.20. The number of rotatable bonds is 5. The molecule has 0 amide bonds. The third kappa shape index (κ3) is 3.53. The molecule has 0 heterocycles. The van der Waals surface area contributed by atoms with Gasteiger partial charge in [-0.1, -0.05) is 0 Å². The van der Waals surface area contributed by atoms with E-state index in [4.69, 9.17) is 14.6 Å². The Hall–Kier alpha value is -1.07. The van der Waals surface area contributed by atoms with Gasteiger partial charge in [0, 0.05) is 11.6 Å². The molecule has 4 nitrogen and oxygen atoms in total. The second-order valence-electron chi connectivity index (χ2n) is 2.79. The minimum absolute atomic E-state index is 0.217. The van der Waals surface area contributed by atoms with Crippen molar-refractivity contribution in [2.24, 2.45) is 0 Å². The van der Waals surface area contributed by atoms with Gasteiger partial charge >= 0.3 is 5.97 Å². The van der Waals surface area contributed by atoms with Crippen LogP contribution in [0.2, 0.25) is 0 Å². The maximum absolute atomic E-state index is 10.7. The molecular weight excluding hydrogens is 264 g/mol. The number of carboxylic acids is 1. The number of benzene rings is 1. The van der Waals surface area contributed by atoms with Crippen LogP contribution >= 0.6 is 15.9 Å². The SMILES string of the molecule is COCCOc1ccc(C(=O)O)c(Br)c1. The van der Waals surface area contributed by atoms with Crippen molar-refractivity contribution in [2.45, 2.75) is 0 Å². The number of methoxy groups -OCH3 is 1. The van der Waals surface area contributed by atoms with Crippen LogP contribution in [0.1, 0.15) is 10.4 Å². The summed E-state index contributed by atoms with van der Waals surface area (Å²) in [6, 6.07) is 4.73. The average Bonchev–Trinajstić information content (AvgIpc) is 2.17. The van der Waals surface area contributed by atoms with E-state index >= 15 is 0 Å². The lowest BCUT2D eigenvalue weighted by Crippen LogP contribution is -2.05. The summed E-state index contributed by atoms with van der Waals surface area (Å²) < 4.78 is 10.6. The number of halogens is 1. The minimum Gasteiger partial charge on any atom is -0.491 e. The highest BCUT2D eigenvalue weighted by molar-refractivity contribution is 9.10. The van der Waals surface area contributed by atoms with E-state index in [2.05, 4.69) is 15.9 Å². The van der Waals surface area contributed by atoms with Gasteiger partial charge in [0.05, 0.1) is 12.2 Å². The molecule has 0 atom stereocenters. The first-order valence-electron chi connectivity index (χ1n) is 4.29. The van der Waals surface area contributed by atoms with Crippen LogP contribution in [0.3, 0.4) is 0 Å². The zero-order chi connectivity index (χ0) is 11.3. The first kappa shape index (κ1) is 12.0. The molecule has 0 unspecified atom stereocenters. The molecular formula is C10H11BrO4. The Labute approximate surface area is 95.9 Å². The number of aromatic carboxylic acids is 1. The normalized spacial score (nSPS) is 10.0. The summed E-state index contributed by atoms with van der Waals surface area (Å²) in [5.74, 6) is -0.353. The highest BCUT2D eigenvalue weighted by Crippen LogP contribution is 2.22. The van der Waals surface area contributed by atoms with Gasteiger partial charge in [0.1, 0.15) is 12.4 Å². The lowest BCUT2D eigenvalue weighted by atomic mass is 10.2. The Balaban J connectivity index is 2.69. The van der Waals surface area contributed by atoms with Crippen LogP contribution in [-0.2, 0) is 4.74 Å². The van der Waals surface area contributed by atoms with E-state index in [0.29, 0.717) is 23.4 Å². The molecule has 0 bridgehead atoms. The number of carboxylic acid groups (broad SMARTS) is 1. The van der Waals surface area contributed by atoms with Crippen molar-refractivity contribution in [3.63, 3.8) is 0 Å². The van der Waals surface area contributed by atoms with Crippen molar-refractivity contribution in [3.8, 4) is 5.75 Å². The molecule has 82 valence electrons. The average molecular weight is 275 g/mol. The van der Waals surface area contributed by atoms with Gasteiger partial charge in [-0.3, -0.25) is 0 Å². The minimum atomic E-state index is -0.967. The molecule has 1 rings (SSSR count). The van der Waals surface area contributed by atoms with Crippen LogP contribution in [0.5, 0.6) is 5.75 Å². The molecule has 0 aliphatic heterocycles. The number of ether oxygens (including phenoxy) is 2. The van der Waals surface area contributed by atoms with Gasteiger partial charge in [0.25, 0.3) is 0 Å². The molecule has 0 spiro atoms. The Morgan fingerprint density at radius 1 is 1.47 bits per heavy atom. The Bertz CT molecular complexity index is 351. The van der Waals surface area contributed by atoms with E-state index in [9.17, 15) is 4.79 Å². The van der Waals surface area contributed by atoms with Crippen LogP contribution in [-0.4, -0.2) is 31.4 Å². The van der Waals surface area contributed by atoms with Gasteiger partial charge in [-0.25, -0.2) is 4.79 Å². The number of hydrogen-bond donors (Lipinski definition) is 1. The smallest absolute Gasteiger partial charge is 0.336 e. The number of carbonyl (C=O) groups is 1. The third-order valence-electron chi connectivity index (χ3n) is 1.73. The van der Waals surface area contributed by atoms with Crippen molar-refractivity contribution in [1.82, 2.24) is 0 Å². The summed E-state index contributed by atoms with van der Waals surface area (Å²) in [6.07, 6.45) is 0. The van der Waals surface area contributed by atoms with Crippen LogP contribution in [0.4, 0.5) is 0 Å². The zero-order valence-corrected chi connectivity index (χ0v) is 9.78. The van der Waals surface area contributed by atoms with Gasteiger partial charge in [0.2, 0.25) is 0 Å². The fraction of sp³-hybridized carbons (Fsp3) is 0.300. The maximum Gasteiger partial charge on any atom is 0.336 e. The van der Waals surface area contributed by atoms with Crippen molar-refractivity contribution < 1.29 is 19.4 Å². The lowest BCUT2D eigenvalue weighted by molar-refractivity contribution is 0.0696. The van der Waals surface area contributed by atoms with E-state index in [1.165, 1.54) is 6.07 Å². The largest absolute Gasteiger partial charge is 0.491 e. The van der Waals surface area contributed by atoms with Crippen molar-refractivity contribution in [1.29, 1.82) is 0 Å². The second kappa shape index (κ2) is 5.72. The lowest BCUT2D eigenvalue weighted by Gasteiger charge is -2.06. The van der Waals surface area contributed by atoms with Crippen molar-refractivity contribution in [3.05, 3.63) is 28.2 Å². The molecule has 0 aromatic heterocycles. The summed E-state index contributed by atoms with van der Waals surface area (Å²) in [4.78, 5) is 10.7. The molecule has 0 radical (unpaired) electrons. The van der Waals surface area contributed by atoms with E-state index in [-0.39, 0.29) is 5.56 Å². The fourth-order valence-corrected chi connectivity index (χ4v) is 1.53. The molecule has 0 aliphatic rings. The Morgan fingerprint density at radius 2 is 2.20 bits per heavy atom. The quantitative estimate of drug-likeness (QED) is 0.837. The Morgan fingerprint density at radius 3 is 2.73 bits per heavy atom. The summed E-state index contributed by atoms with van der Waals surface area (Å²) in [6.45, 7) is 0.938. The van der Waals surface area contributed by atoms with Gasteiger partial charge in [-0.05, 0) is 34.1 Å². The van der Waals surface area contributed by atoms with E-state index in [0.717, 1.165) is 0 Å². The molecule has 0 saturated heterocycles. The summed E-state index contributed by atoms with van der Waals surface area (Å²) in [7, 11) is 1.59. The molecule has 15 heavy (non-hydrogen) atoms. The molecule has 1 aromatic carbocycles. The highest BCUT2D eigenvalue weighted by atomic mass is 79.9. The molecule has 0 saturated carbocycles. The van der Waals surface area contributed by atoms with Gasteiger partial charge in [0.15, 0.2) is 0 Å². The third-order valence-corrected chi connectivity index (χ3v) is 2.38. The van der Waals surface area contributed by atoms with Crippen molar-refractivity contribution in [2.75, 3.05) is 20.3 Å². The molecule has 0 aliphatic carbocycles. The van der Waals surface area contributed by atoms with Crippen LogP contribution in [0, 0.1) is 0 Å². The summed E-state index contributed by atoms with van der Waals surface area (Å²) in [5, 5.41) is 8.78. The predicted octanol–water partition coefficient (Wildman–Crippen LogP) is 2.17. The predicted molar refractivity (Wildman–Crippen MR) is 58.5 cm³/mol. The van der Waals surface area contributed by atoms with Gasteiger partial charge < -0.3 is 14.6 Å². The summed E-state index contributed by atoms with van der Waals surface area (Å²) in [5.41, 5.74) is 0.217. The van der Waals surface area contributed by atoms with Crippen LogP contribution in [0.25, 0.3) is 0 Å². The van der Waals surface area contributed by atoms with Crippen LogP contribution < -0.4 is 4.74 Å². The first-order chi connectivity index (χ1) is 7.15.